The molecule has 0 atom stereocenters. The van der Waals surface area contributed by atoms with Crippen molar-refractivity contribution in [2.24, 2.45) is 0 Å². The second-order valence-corrected chi connectivity index (χ2v) is 7.43. The molecule has 3 aromatic rings. The molecule has 0 radical (unpaired) electrons. The SMILES string of the molecule is CN(C)C/C=C/C(=O)Cc1ccc2ncnc(Nc3cccc(Br)c3)c2c1. The monoisotopic (exact) mass is 424 g/mol. The number of hydrogen-bond donors (Lipinski definition) is 1. The van der Waals surface area contributed by atoms with Gasteiger partial charge in [-0.1, -0.05) is 34.1 Å². The zero-order chi connectivity index (χ0) is 19.2. The average molecular weight is 425 g/mol. The Balaban J connectivity index is 1.83. The number of aromatic nitrogens is 2. The van der Waals surface area contributed by atoms with Gasteiger partial charge in [-0.05, 0) is 56.1 Å². The molecule has 0 aliphatic rings. The number of ketones is 1. The lowest BCUT2D eigenvalue weighted by atomic mass is 10.1. The molecular weight excluding hydrogens is 404 g/mol. The highest BCUT2D eigenvalue weighted by molar-refractivity contribution is 9.10. The highest BCUT2D eigenvalue weighted by Crippen LogP contribution is 2.25. The largest absolute Gasteiger partial charge is 0.340 e. The van der Waals surface area contributed by atoms with Crippen molar-refractivity contribution >= 4 is 44.1 Å². The summed E-state index contributed by atoms with van der Waals surface area (Å²) in [6.45, 7) is 0.748. The number of carbonyl (C=O) groups is 1. The molecule has 3 rings (SSSR count). The highest BCUT2D eigenvalue weighted by atomic mass is 79.9. The Hall–Kier alpha value is -2.57. The minimum atomic E-state index is 0.0783. The molecule has 0 aliphatic carbocycles. The first-order valence-electron chi connectivity index (χ1n) is 8.61. The summed E-state index contributed by atoms with van der Waals surface area (Å²) < 4.78 is 0.988. The molecule has 1 N–H and O–H groups in total. The maximum Gasteiger partial charge on any atom is 0.159 e. The standard InChI is InChI=1S/C21H21BrN4O/c1-26(2)10-4-7-18(27)11-15-8-9-20-19(12-15)21(24-14-23-20)25-17-6-3-5-16(22)13-17/h3-9,12-14H,10-11H2,1-2H3,(H,23,24,25)/b7-4+. The van der Waals surface area contributed by atoms with Gasteiger partial charge in [0.25, 0.3) is 0 Å². The highest BCUT2D eigenvalue weighted by Gasteiger charge is 2.07. The number of hydrogen-bond acceptors (Lipinski definition) is 5. The van der Waals surface area contributed by atoms with E-state index in [-0.39, 0.29) is 5.78 Å². The number of nitrogens with one attached hydrogen (secondary N) is 1. The van der Waals surface area contributed by atoms with Gasteiger partial charge in [0.05, 0.1) is 5.52 Å². The smallest absolute Gasteiger partial charge is 0.159 e. The number of allylic oxidation sites excluding steroid dienone is 1. The number of benzene rings is 2. The molecule has 27 heavy (non-hydrogen) atoms. The Bertz CT molecular complexity index is 985. The third-order valence-electron chi connectivity index (χ3n) is 3.94. The summed E-state index contributed by atoms with van der Waals surface area (Å²) in [5, 5.41) is 4.22. The van der Waals surface area contributed by atoms with Crippen molar-refractivity contribution in [3.63, 3.8) is 0 Å². The van der Waals surface area contributed by atoms with Crippen LogP contribution in [0.25, 0.3) is 10.9 Å². The van der Waals surface area contributed by atoms with Crippen molar-refractivity contribution in [1.29, 1.82) is 0 Å². The number of carbonyl (C=O) groups excluding carboxylic acids is 1. The summed E-state index contributed by atoms with van der Waals surface area (Å²) in [7, 11) is 3.94. The van der Waals surface area contributed by atoms with Crippen molar-refractivity contribution in [1.82, 2.24) is 14.9 Å². The first kappa shape index (κ1) is 19.2. The molecule has 0 amide bonds. The van der Waals surface area contributed by atoms with Crippen LogP contribution in [0.1, 0.15) is 5.56 Å². The predicted octanol–water partition coefficient (Wildman–Crippen LogP) is 4.37. The fraction of sp³-hybridized carbons (Fsp3) is 0.190. The van der Waals surface area contributed by atoms with Crippen LogP contribution in [-0.2, 0) is 11.2 Å². The van der Waals surface area contributed by atoms with Crippen LogP contribution in [0.5, 0.6) is 0 Å². The second-order valence-electron chi connectivity index (χ2n) is 6.52. The Morgan fingerprint density at radius 2 is 2.04 bits per heavy atom. The van der Waals surface area contributed by atoms with Crippen LogP contribution in [0.2, 0.25) is 0 Å². The number of likely N-dealkylation sites (N-methyl/N-ethyl adjacent to an activating group) is 1. The van der Waals surface area contributed by atoms with Crippen molar-refractivity contribution in [2.45, 2.75) is 6.42 Å². The van der Waals surface area contributed by atoms with Gasteiger partial charge in [0.2, 0.25) is 0 Å². The minimum absolute atomic E-state index is 0.0783. The molecule has 0 fully saturated rings. The van der Waals surface area contributed by atoms with Crippen LogP contribution in [0.4, 0.5) is 11.5 Å². The topological polar surface area (TPSA) is 58.1 Å². The van der Waals surface area contributed by atoms with Crippen LogP contribution in [0.3, 0.4) is 0 Å². The lowest BCUT2D eigenvalue weighted by molar-refractivity contribution is -0.114. The molecular formula is C21H21BrN4O. The molecule has 0 saturated carbocycles. The van der Waals surface area contributed by atoms with E-state index in [1.54, 1.807) is 6.08 Å². The van der Waals surface area contributed by atoms with E-state index in [9.17, 15) is 4.79 Å². The third-order valence-corrected chi connectivity index (χ3v) is 4.43. The molecule has 2 aromatic carbocycles. The van der Waals surface area contributed by atoms with Crippen molar-refractivity contribution in [2.75, 3.05) is 26.0 Å². The second kappa shape index (κ2) is 8.88. The lowest BCUT2D eigenvalue weighted by Crippen LogP contribution is -2.11. The Kier molecular flexibility index (Phi) is 6.32. The average Bonchev–Trinajstić information content (AvgIpc) is 2.62. The molecule has 0 aliphatic heterocycles. The lowest BCUT2D eigenvalue weighted by Gasteiger charge is -2.10. The number of nitrogens with zero attached hydrogens (tertiary/aromatic N) is 3. The van der Waals surface area contributed by atoms with E-state index in [0.717, 1.165) is 39.0 Å². The summed E-state index contributed by atoms with van der Waals surface area (Å²) in [6.07, 6.45) is 5.42. The van der Waals surface area contributed by atoms with E-state index in [2.05, 4.69) is 31.2 Å². The molecule has 0 saturated heterocycles. The van der Waals surface area contributed by atoms with Crippen LogP contribution in [-0.4, -0.2) is 41.3 Å². The zero-order valence-electron chi connectivity index (χ0n) is 15.3. The summed E-state index contributed by atoms with van der Waals surface area (Å²) in [5.74, 6) is 0.796. The van der Waals surface area contributed by atoms with Gasteiger partial charge in [-0.3, -0.25) is 4.79 Å². The first-order valence-corrected chi connectivity index (χ1v) is 9.41. The number of anilines is 2. The molecule has 0 bridgehead atoms. The normalized spacial score (nSPS) is 11.4. The number of halogens is 1. The zero-order valence-corrected chi connectivity index (χ0v) is 16.9. The van der Waals surface area contributed by atoms with Gasteiger partial charge in [0.15, 0.2) is 5.78 Å². The van der Waals surface area contributed by atoms with Gasteiger partial charge < -0.3 is 10.2 Å². The molecule has 0 unspecified atom stereocenters. The van der Waals surface area contributed by atoms with Crippen LogP contribution >= 0.6 is 15.9 Å². The third kappa shape index (κ3) is 5.45. The summed E-state index contributed by atoms with van der Waals surface area (Å²) in [4.78, 5) is 22.9. The van der Waals surface area contributed by atoms with E-state index in [0.29, 0.717) is 6.42 Å². The van der Waals surface area contributed by atoms with Crippen molar-refractivity contribution < 1.29 is 4.79 Å². The predicted molar refractivity (Wildman–Crippen MR) is 113 cm³/mol. The van der Waals surface area contributed by atoms with Crippen molar-refractivity contribution in [3.05, 3.63) is 71.0 Å². The first-order chi connectivity index (χ1) is 13.0. The molecule has 1 aromatic heterocycles. The Morgan fingerprint density at radius 1 is 1.19 bits per heavy atom. The Labute approximate surface area is 167 Å². The summed E-state index contributed by atoms with van der Waals surface area (Å²) in [6, 6.07) is 13.7. The quantitative estimate of drug-likeness (QED) is 0.570. The van der Waals surface area contributed by atoms with Gasteiger partial charge in [-0.2, -0.15) is 0 Å². The molecule has 6 heteroatoms. The summed E-state index contributed by atoms with van der Waals surface area (Å²) in [5.41, 5.74) is 2.70. The van der Waals surface area contributed by atoms with E-state index < -0.39 is 0 Å². The van der Waals surface area contributed by atoms with E-state index >= 15 is 0 Å². The van der Waals surface area contributed by atoms with E-state index in [4.69, 9.17) is 0 Å². The fourth-order valence-corrected chi connectivity index (χ4v) is 3.07. The Morgan fingerprint density at radius 3 is 2.81 bits per heavy atom. The van der Waals surface area contributed by atoms with E-state index in [1.165, 1.54) is 6.33 Å². The van der Waals surface area contributed by atoms with Crippen LogP contribution in [0, 0.1) is 0 Å². The van der Waals surface area contributed by atoms with Crippen molar-refractivity contribution in [3.8, 4) is 0 Å². The number of fused-ring (bicyclic) bond motifs is 1. The minimum Gasteiger partial charge on any atom is -0.340 e. The van der Waals surface area contributed by atoms with Gasteiger partial charge in [-0.15, -0.1) is 0 Å². The maximum absolute atomic E-state index is 12.2. The molecule has 0 spiro atoms. The van der Waals surface area contributed by atoms with Gasteiger partial charge in [0.1, 0.15) is 12.1 Å². The maximum atomic E-state index is 12.2. The fourth-order valence-electron chi connectivity index (χ4n) is 2.67. The van der Waals surface area contributed by atoms with Crippen LogP contribution < -0.4 is 5.32 Å². The summed E-state index contributed by atoms with van der Waals surface area (Å²) >= 11 is 3.47. The van der Waals surface area contributed by atoms with E-state index in [1.807, 2.05) is 67.5 Å². The molecule has 5 nitrogen and oxygen atoms in total. The number of rotatable bonds is 7. The molecule has 1 heterocycles. The van der Waals surface area contributed by atoms with Gasteiger partial charge >= 0.3 is 0 Å². The van der Waals surface area contributed by atoms with Crippen LogP contribution in [0.15, 0.2) is 65.4 Å². The van der Waals surface area contributed by atoms with Gasteiger partial charge in [0, 0.05) is 28.5 Å². The van der Waals surface area contributed by atoms with Gasteiger partial charge in [-0.25, -0.2) is 9.97 Å². The molecule has 138 valence electrons.